The molecule has 0 fully saturated rings. The Labute approximate surface area is 130 Å². The molecule has 114 valence electrons. The van der Waals surface area contributed by atoms with E-state index in [1.54, 1.807) is 0 Å². The van der Waals surface area contributed by atoms with Crippen molar-refractivity contribution in [3.05, 3.63) is 71.3 Å². The van der Waals surface area contributed by atoms with Crippen molar-refractivity contribution in [1.29, 1.82) is 0 Å². The van der Waals surface area contributed by atoms with Crippen molar-refractivity contribution < 1.29 is 9.53 Å². The molecule has 0 radical (unpaired) electrons. The third-order valence-corrected chi connectivity index (χ3v) is 3.38. The number of hydrogen-bond acceptors (Lipinski definition) is 3. The summed E-state index contributed by atoms with van der Waals surface area (Å²) >= 11 is 0. The van der Waals surface area contributed by atoms with E-state index in [1.807, 2.05) is 68.4 Å². The van der Waals surface area contributed by atoms with Crippen LogP contribution in [-0.2, 0) is 9.53 Å². The van der Waals surface area contributed by atoms with Crippen LogP contribution in [0, 0.1) is 6.92 Å². The van der Waals surface area contributed by atoms with E-state index < -0.39 is 6.10 Å². The smallest absolute Gasteiger partial charge is 0.273 e. The van der Waals surface area contributed by atoms with Crippen molar-refractivity contribution in [2.24, 2.45) is 5.10 Å². The minimum atomic E-state index is -0.671. The maximum absolute atomic E-state index is 12.2. The van der Waals surface area contributed by atoms with Crippen LogP contribution in [0.2, 0.25) is 0 Å². The molecule has 0 saturated carbocycles. The van der Waals surface area contributed by atoms with Gasteiger partial charge in [-0.05, 0) is 25.0 Å². The number of nitrogens with one attached hydrogen (secondary N) is 1. The SMILES string of the molecule is CO[C@H](C(=O)N/N=C(/C)c1ccc(C)cc1)c1ccccc1. The maximum Gasteiger partial charge on any atom is 0.273 e. The molecule has 2 aromatic carbocycles. The largest absolute Gasteiger partial charge is 0.367 e. The van der Waals surface area contributed by atoms with Gasteiger partial charge in [0.05, 0.1) is 5.71 Å². The lowest BCUT2D eigenvalue weighted by Crippen LogP contribution is -2.27. The third-order valence-electron chi connectivity index (χ3n) is 3.38. The van der Waals surface area contributed by atoms with Gasteiger partial charge in [-0.15, -0.1) is 0 Å². The molecule has 4 heteroatoms. The molecule has 0 aromatic heterocycles. The average molecular weight is 296 g/mol. The molecule has 0 aliphatic heterocycles. The van der Waals surface area contributed by atoms with E-state index >= 15 is 0 Å². The lowest BCUT2D eigenvalue weighted by Gasteiger charge is -2.14. The molecular weight excluding hydrogens is 276 g/mol. The first-order valence-corrected chi connectivity index (χ1v) is 7.10. The zero-order chi connectivity index (χ0) is 15.9. The fourth-order valence-electron chi connectivity index (χ4n) is 2.08. The highest BCUT2D eigenvalue weighted by Gasteiger charge is 2.19. The minimum absolute atomic E-state index is 0.292. The lowest BCUT2D eigenvalue weighted by atomic mass is 10.1. The van der Waals surface area contributed by atoms with Gasteiger partial charge in [-0.25, -0.2) is 5.43 Å². The van der Waals surface area contributed by atoms with Crippen LogP contribution in [0.3, 0.4) is 0 Å². The molecule has 2 rings (SSSR count). The van der Waals surface area contributed by atoms with Crippen LogP contribution in [0.1, 0.15) is 29.7 Å². The number of aryl methyl sites for hydroxylation is 1. The van der Waals surface area contributed by atoms with Gasteiger partial charge in [0.15, 0.2) is 6.10 Å². The summed E-state index contributed by atoms with van der Waals surface area (Å²) in [6, 6.07) is 17.3. The number of nitrogens with zero attached hydrogens (tertiary/aromatic N) is 1. The van der Waals surface area contributed by atoms with Crippen molar-refractivity contribution in [3.63, 3.8) is 0 Å². The van der Waals surface area contributed by atoms with E-state index in [4.69, 9.17) is 4.74 Å². The molecule has 4 nitrogen and oxygen atoms in total. The summed E-state index contributed by atoms with van der Waals surface area (Å²) in [5.41, 5.74) is 6.27. The van der Waals surface area contributed by atoms with E-state index in [0.717, 1.165) is 16.8 Å². The summed E-state index contributed by atoms with van der Waals surface area (Å²) in [6.07, 6.45) is -0.671. The lowest BCUT2D eigenvalue weighted by molar-refractivity contribution is -0.131. The Morgan fingerprint density at radius 3 is 2.32 bits per heavy atom. The summed E-state index contributed by atoms with van der Waals surface area (Å²) < 4.78 is 5.27. The molecule has 2 aromatic rings. The van der Waals surface area contributed by atoms with Crippen LogP contribution < -0.4 is 5.43 Å². The van der Waals surface area contributed by atoms with Crippen LogP contribution in [-0.4, -0.2) is 18.7 Å². The molecule has 22 heavy (non-hydrogen) atoms. The van der Waals surface area contributed by atoms with Crippen LogP contribution in [0.5, 0.6) is 0 Å². The van der Waals surface area contributed by atoms with E-state index in [9.17, 15) is 4.79 Å². The zero-order valence-corrected chi connectivity index (χ0v) is 13.0. The van der Waals surface area contributed by atoms with Crippen LogP contribution >= 0.6 is 0 Å². The number of ether oxygens (including phenoxy) is 1. The zero-order valence-electron chi connectivity index (χ0n) is 13.0. The van der Waals surface area contributed by atoms with Gasteiger partial charge in [-0.2, -0.15) is 5.10 Å². The van der Waals surface area contributed by atoms with Crippen LogP contribution in [0.25, 0.3) is 0 Å². The van der Waals surface area contributed by atoms with E-state index in [2.05, 4.69) is 10.5 Å². The molecule has 1 atom stereocenters. The second-order valence-corrected chi connectivity index (χ2v) is 5.07. The van der Waals surface area contributed by atoms with Crippen molar-refractivity contribution in [1.82, 2.24) is 5.43 Å². The second-order valence-electron chi connectivity index (χ2n) is 5.07. The Balaban J connectivity index is 2.07. The van der Waals surface area contributed by atoms with Gasteiger partial charge in [0.2, 0.25) is 0 Å². The molecule has 0 spiro atoms. The summed E-state index contributed by atoms with van der Waals surface area (Å²) in [5.74, 6) is -0.292. The Kier molecular flexibility index (Phi) is 5.44. The molecule has 1 amide bonds. The van der Waals surface area contributed by atoms with E-state index in [0.29, 0.717) is 0 Å². The Hall–Kier alpha value is -2.46. The Morgan fingerprint density at radius 1 is 1.09 bits per heavy atom. The fourth-order valence-corrected chi connectivity index (χ4v) is 2.08. The van der Waals surface area contributed by atoms with Crippen molar-refractivity contribution in [3.8, 4) is 0 Å². The van der Waals surface area contributed by atoms with Gasteiger partial charge in [0, 0.05) is 7.11 Å². The minimum Gasteiger partial charge on any atom is -0.367 e. The monoisotopic (exact) mass is 296 g/mol. The van der Waals surface area contributed by atoms with Crippen LogP contribution in [0.15, 0.2) is 59.7 Å². The number of hydrogen-bond donors (Lipinski definition) is 1. The van der Waals surface area contributed by atoms with Gasteiger partial charge < -0.3 is 4.74 Å². The van der Waals surface area contributed by atoms with E-state index in [-0.39, 0.29) is 5.91 Å². The van der Waals surface area contributed by atoms with Crippen molar-refractivity contribution >= 4 is 11.6 Å². The molecule has 1 N–H and O–H groups in total. The quantitative estimate of drug-likeness (QED) is 0.680. The fraction of sp³-hybridized carbons (Fsp3) is 0.222. The van der Waals surface area contributed by atoms with E-state index in [1.165, 1.54) is 12.7 Å². The summed E-state index contributed by atoms with van der Waals surface area (Å²) in [6.45, 7) is 3.89. The summed E-state index contributed by atoms with van der Waals surface area (Å²) in [4.78, 5) is 12.2. The number of carbonyl (C=O) groups is 1. The first-order chi connectivity index (χ1) is 10.6. The van der Waals surface area contributed by atoms with Gasteiger partial charge in [-0.1, -0.05) is 60.2 Å². The van der Waals surface area contributed by atoms with Gasteiger partial charge in [-0.3, -0.25) is 4.79 Å². The summed E-state index contributed by atoms with van der Waals surface area (Å²) in [5, 5.41) is 4.16. The number of rotatable bonds is 5. The third kappa shape index (κ3) is 4.02. The number of benzene rings is 2. The van der Waals surface area contributed by atoms with Gasteiger partial charge in [0.25, 0.3) is 5.91 Å². The first kappa shape index (κ1) is 15.9. The molecule has 0 aliphatic carbocycles. The number of methoxy groups -OCH3 is 1. The highest BCUT2D eigenvalue weighted by atomic mass is 16.5. The topological polar surface area (TPSA) is 50.7 Å². The Morgan fingerprint density at radius 2 is 1.73 bits per heavy atom. The maximum atomic E-state index is 12.2. The molecule has 0 saturated heterocycles. The molecule has 0 heterocycles. The van der Waals surface area contributed by atoms with Gasteiger partial charge >= 0.3 is 0 Å². The first-order valence-electron chi connectivity index (χ1n) is 7.10. The van der Waals surface area contributed by atoms with Crippen LogP contribution in [0.4, 0.5) is 0 Å². The predicted molar refractivity (Wildman–Crippen MR) is 87.7 cm³/mol. The number of hydrazone groups is 1. The molecular formula is C18H20N2O2. The molecule has 0 bridgehead atoms. The van der Waals surface area contributed by atoms with Crippen molar-refractivity contribution in [2.45, 2.75) is 20.0 Å². The highest BCUT2D eigenvalue weighted by molar-refractivity contribution is 5.99. The highest BCUT2D eigenvalue weighted by Crippen LogP contribution is 2.16. The second kappa shape index (κ2) is 7.52. The van der Waals surface area contributed by atoms with Gasteiger partial charge in [0.1, 0.15) is 0 Å². The predicted octanol–water partition coefficient (Wildman–Crippen LogP) is 3.22. The number of amides is 1. The summed E-state index contributed by atoms with van der Waals surface area (Å²) in [7, 11) is 1.51. The normalized spacial score (nSPS) is 12.8. The molecule has 0 aliphatic rings. The standard InChI is InChI=1S/C18H20N2O2/c1-13-9-11-15(12-10-13)14(2)19-20-18(21)17(22-3)16-7-5-4-6-8-16/h4-12,17H,1-3H3,(H,20,21)/b19-14-/t17-/m0/s1. The molecule has 0 unspecified atom stereocenters. The Bertz CT molecular complexity index is 649. The van der Waals surface area contributed by atoms with Crippen molar-refractivity contribution in [2.75, 3.05) is 7.11 Å². The number of carbonyl (C=O) groups excluding carboxylic acids is 1. The average Bonchev–Trinajstić information content (AvgIpc) is 2.55.